The van der Waals surface area contributed by atoms with E-state index >= 15 is 0 Å². The number of imidazole rings is 1. The number of rotatable bonds is 2. The normalized spacial score (nSPS) is 10.6. The third-order valence-electron chi connectivity index (χ3n) is 2.86. The number of pyridine rings is 1. The zero-order valence-corrected chi connectivity index (χ0v) is 9.99. The van der Waals surface area contributed by atoms with Gasteiger partial charge in [0, 0.05) is 23.6 Å². The standard InChI is InChI=1S/C14H11FN4/c15-10-2-1-3-11(6-10)19-9-18-8-14(19)12-7-17-5-4-13(12)16/h1-9H,(H2,16,17). The van der Waals surface area contributed by atoms with Gasteiger partial charge in [-0.1, -0.05) is 6.07 Å². The first-order valence-electron chi connectivity index (χ1n) is 5.74. The van der Waals surface area contributed by atoms with Crippen LogP contribution in [0.15, 0.2) is 55.2 Å². The summed E-state index contributed by atoms with van der Waals surface area (Å²) in [5.41, 5.74) is 8.77. The highest BCUT2D eigenvalue weighted by atomic mass is 19.1. The largest absolute Gasteiger partial charge is 0.398 e. The average molecular weight is 254 g/mol. The van der Waals surface area contributed by atoms with Crippen LogP contribution in [0.4, 0.5) is 10.1 Å². The highest BCUT2D eigenvalue weighted by Gasteiger charge is 2.10. The molecule has 2 aromatic heterocycles. The zero-order valence-electron chi connectivity index (χ0n) is 9.99. The Balaban J connectivity index is 2.16. The molecule has 3 aromatic rings. The molecule has 0 radical (unpaired) electrons. The van der Waals surface area contributed by atoms with E-state index in [9.17, 15) is 4.39 Å². The van der Waals surface area contributed by atoms with Crippen LogP contribution in [0.5, 0.6) is 0 Å². The molecule has 94 valence electrons. The van der Waals surface area contributed by atoms with Crippen molar-refractivity contribution in [1.29, 1.82) is 0 Å². The lowest BCUT2D eigenvalue weighted by molar-refractivity contribution is 0.626. The lowest BCUT2D eigenvalue weighted by atomic mass is 10.2. The van der Waals surface area contributed by atoms with Crippen LogP contribution in [0.2, 0.25) is 0 Å². The van der Waals surface area contributed by atoms with Gasteiger partial charge in [-0.25, -0.2) is 9.37 Å². The van der Waals surface area contributed by atoms with Gasteiger partial charge in [-0.05, 0) is 24.3 Å². The summed E-state index contributed by atoms with van der Waals surface area (Å²) in [7, 11) is 0. The summed E-state index contributed by atoms with van der Waals surface area (Å²) >= 11 is 0. The Morgan fingerprint density at radius 3 is 2.79 bits per heavy atom. The predicted molar refractivity (Wildman–Crippen MR) is 71.2 cm³/mol. The smallest absolute Gasteiger partial charge is 0.125 e. The molecule has 0 unspecified atom stereocenters. The molecular formula is C14H11FN4. The number of hydrogen-bond donors (Lipinski definition) is 1. The first-order chi connectivity index (χ1) is 9.25. The second-order valence-electron chi connectivity index (χ2n) is 4.09. The van der Waals surface area contributed by atoms with Gasteiger partial charge < -0.3 is 5.73 Å². The number of nitrogens with two attached hydrogens (primary N) is 1. The van der Waals surface area contributed by atoms with Gasteiger partial charge in [0.15, 0.2) is 0 Å². The first-order valence-corrected chi connectivity index (χ1v) is 5.74. The molecule has 5 heteroatoms. The third-order valence-corrected chi connectivity index (χ3v) is 2.86. The van der Waals surface area contributed by atoms with Crippen LogP contribution in [0.3, 0.4) is 0 Å². The fraction of sp³-hybridized carbons (Fsp3) is 0. The predicted octanol–water partition coefficient (Wildman–Crippen LogP) is 2.66. The molecule has 4 nitrogen and oxygen atoms in total. The molecule has 0 aliphatic rings. The van der Waals surface area contributed by atoms with E-state index in [4.69, 9.17) is 5.73 Å². The molecule has 0 aliphatic heterocycles. The topological polar surface area (TPSA) is 56.7 Å². The molecule has 0 saturated carbocycles. The SMILES string of the molecule is Nc1ccncc1-c1cncn1-c1cccc(F)c1. The minimum atomic E-state index is -0.295. The molecular weight excluding hydrogens is 243 g/mol. The van der Waals surface area contributed by atoms with E-state index in [1.165, 1.54) is 12.1 Å². The van der Waals surface area contributed by atoms with Gasteiger partial charge >= 0.3 is 0 Å². The fourth-order valence-corrected chi connectivity index (χ4v) is 1.95. The van der Waals surface area contributed by atoms with E-state index < -0.39 is 0 Å². The van der Waals surface area contributed by atoms with Gasteiger partial charge in [0.2, 0.25) is 0 Å². The molecule has 0 atom stereocenters. The molecule has 2 N–H and O–H groups in total. The van der Waals surface area contributed by atoms with E-state index in [2.05, 4.69) is 9.97 Å². The van der Waals surface area contributed by atoms with Crippen molar-refractivity contribution in [3.05, 3.63) is 61.1 Å². The van der Waals surface area contributed by atoms with Gasteiger partial charge in [0.25, 0.3) is 0 Å². The van der Waals surface area contributed by atoms with Crippen LogP contribution in [-0.4, -0.2) is 14.5 Å². The monoisotopic (exact) mass is 254 g/mol. The molecule has 0 saturated heterocycles. The Kier molecular flexibility index (Phi) is 2.72. The van der Waals surface area contributed by atoms with Crippen molar-refractivity contribution in [2.24, 2.45) is 0 Å². The molecule has 3 rings (SSSR count). The van der Waals surface area contributed by atoms with Gasteiger partial charge in [-0.15, -0.1) is 0 Å². The fourth-order valence-electron chi connectivity index (χ4n) is 1.95. The minimum Gasteiger partial charge on any atom is -0.398 e. The number of hydrogen-bond acceptors (Lipinski definition) is 3. The van der Waals surface area contributed by atoms with Crippen LogP contribution in [0.25, 0.3) is 16.9 Å². The number of anilines is 1. The van der Waals surface area contributed by atoms with Crippen molar-refractivity contribution in [3.63, 3.8) is 0 Å². The zero-order chi connectivity index (χ0) is 13.2. The minimum absolute atomic E-state index is 0.295. The lowest BCUT2D eigenvalue weighted by Gasteiger charge is -2.09. The van der Waals surface area contributed by atoms with Crippen LogP contribution in [0, 0.1) is 5.82 Å². The number of aromatic nitrogens is 3. The molecule has 0 spiro atoms. The number of nitrogen functional groups attached to an aromatic ring is 1. The maximum atomic E-state index is 13.3. The van der Waals surface area contributed by atoms with Crippen molar-refractivity contribution in [1.82, 2.24) is 14.5 Å². The van der Waals surface area contributed by atoms with E-state index in [-0.39, 0.29) is 5.82 Å². The average Bonchev–Trinajstić information content (AvgIpc) is 2.88. The molecule has 0 bridgehead atoms. The van der Waals surface area contributed by atoms with E-state index in [0.29, 0.717) is 11.4 Å². The lowest BCUT2D eigenvalue weighted by Crippen LogP contribution is -1.98. The Labute approximate surface area is 109 Å². The third kappa shape index (κ3) is 2.06. The van der Waals surface area contributed by atoms with Crippen molar-refractivity contribution in [2.45, 2.75) is 0 Å². The van der Waals surface area contributed by atoms with Gasteiger partial charge in [-0.3, -0.25) is 9.55 Å². The summed E-state index contributed by atoms with van der Waals surface area (Å²) in [6.07, 6.45) is 6.60. The molecule has 0 fully saturated rings. The maximum Gasteiger partial charge on any atom is 0.125 e. The summed E-state index contributed by atoms with van der Waals surface area (Å²) in [5.74, 6) is -0.295. The summed E-state index contributed by atoms with van der Waals surface area (Å²) in [4.78, 5) is 8.16. The second kappa shape index (κ2) is 4.53. The molecule has 19 heavy (non-hydrogen) atoms. The molecule has 0 amide bonds. The molecule has 1 aromatic carbocycles. The highest BCUT2D eigenvalue weighted by Crippen LogP contribution is 2.26. The van der Waals surface area contributed by atoms with E-state index in [1.807, 2.05) is 0 Å². The van der Waals surface area contributed by atoms with Crippen LogP contribution >= 0.6 is 0 Å². The van der Waals surface area contributed by atoms with Crippen LogP contribution < -0.4 is 5.73 Å². The van der Waals surface area contributed by atoms with Crippen molar-refractivity contribution in [3.8, 4) is 16.9 Å². The van der Waals surface area contributed by atoms with Gasteiger partial charge in [-0.2, -0.15) is 0 Å². The second-order valence-corrected chi connectivity index (χ2v) is 4.09. The highest BCUT2D eigenvalue weighted by molar-refractivity contribution is 5.73. The van der Waals surface area contributed by atoms with Gasteiger partial charge in [0.05, 0.1) is 23.9 Å². The Bertz CT molecular complexity index is 721. The number of benzene rings is 1. The Morgan fingerprint density at radius 1 is 1.11 bits per heavy atom. The van der Waals surface area contributed by atoms with Crippen LogP contribution in [0.1, 0.15) is 0 Å². The summed E-state index contributed by atoms with van der Waals surface area (Å²) in [6, 6.07) is 8.02. The van der Waals surface area contributed by atoms with Crippen molar-refractivity contribution < 1.29 is 4.39 Å². The Morgan fingerprint density at radius 2 is 2.00 bits per heavy atom. The molecule has 0 aliphatic carbocycles. The first kappa shape index (κ1) is 11.4. The maximum absolute atomic E-state index is 13.3. The summed E-state index contributed by atoms with van der Waals surface area (Å²) < 4.78 is 15.1. The number of nitrogens with zero attached hydrogens (tertiary/aromatic N) is 3. The summed E-state index contributed by atoms with van der Waals surface area (Å²) in [6.45, 7) is 0. The van der Waals surface area contributed by atoms with E-state index in [0.717, 1.165) is 11.3 Å². The van der Waals surface area contributed by atoms with E-state index in [1.54, 1.807) is 47.7 Å². The Hall–Kier alpha value is -2.69. The van der Waals surface area contributed by atoms with Crippen molar-refractivity contribution in [2.75, 3.05) is 5.73 Å². The number of halogens is 1. The van der Waals surface area contributed by atoms with Crippen LogP contribution in [-0.2, 0) is 0 Å². The van der Waals surface area contributed by atoms with Crippen molar-refractivity contribution >= 4 is 5.69 Å². The van der Waals surface area contributed by atoms with Gasteiger partial charge in [0.1, 0.15) is 5.82 Å². The summed E-state index contributed by atoms with van der Waals surface area (Å²) in [5, 5.41) is 0. The molecule has 2 heterocycles. The quantitative estimate of drug-likeness (QED) is 0.764.